The van der Waals surface area contributed by atoms with Crippen LogP contribution >= 0.6 is 0 Å². The van der Waals surface area contributed by atoms with E-state index in [1.165, 1.54) is 5.56 Å². The lowest BCUT2D eigenvalue weighted by Gasteiger charge is -2.26. The Hall–Kier alpha value is -3.14. The molecule has 1 aliphatic heterocycles. The first-order valence-corrected chi connectivity index (χ1v) is 8.77. The molecule has 0 saturated carbocycles. The molecule has 3 aromatic carbocycles. The van der Waals surface area contributed by atoms with Gasteiger partial charge in [0.2, 0.25) is 5.91 Å². The maximum absolute atomic E-state index is 12.7. The van der Waals surface area contributed by atoms with E-state index in [1.807, 2.05) is 30.3 Å². The first-order valence-electron chi connectivity index (χ1n) is 8.77. The van der Waals surface area contributed by atoms with Crippen LogP contribution in [0.15, 0.2) is 60.7 Å². The van der Waals surface area contributed by atoms with Gasteiger partial charge in [0.15, 0.2) is 0 Å². The Morgan fingerprint density at radius 2 is 1.85 bits per heavy atom. The number of piperazine rings is 1. The summed E-state index contributed by atoms with van der Waals surface area (Å²) in [7, 11) is 0. The highest BCUT2D eigenvalue weighted by Gasteiger charge is 2.22. The largest absolute Gasteiger partial charge is 0.353 e. The van der Waals surface area contributed by atoms with Crippen molar-refractivity contribution in [2.45, 2.75) is 6.92 Å². The molecule has 4 heteroatoms. The zero-order valence-corrected chi connectivity index (χ0v) is 14.7. The van der Waals surface area contributed by atoms with E-state index in [1.54, 1.807) is 4.90 Å². The van der Waals surface area contributed by atoms with Gasteiger partial charge in [0.1, 0.15) is 0 Å². The van der Waals surface area contributed by atoms with Crippen LogP contribution in [0.2, 0.25) is 0 Å². The monoisotopic (exact) mass is 344 g/mol. The minimum atomic E-state index is -0.105. The third-order valence-corrected chi connectivity index (χ3v) is 4.82. The molecular formula is C22H20N2O2. The van der Waals surface area contributed by atoms with E-state index < -0.39 is 0 Å². The normalized spacial score (nSPS) is 14.3. The quantitative estimate of drug-likeness (QED) is 0.775. The minimum absolute atomic E-state index is 0.0949. The molecule has 1 N–H and O–H groups in total. The van der Waals surface area contributed by atoms with Crippen molar-refractivity contribution in [1.29, 1.82) is 0 Å². The van der Waals surface area contributed by atoms with E-state index >= 15 is 0 Å². The van der Waals surface area contributed by atoms with E-state index in [0.29, 0.717) is 18.7 Å². The van der Waals surface area contributed by atoms with Gasteiger partial charge in [-0.15, -0.1) is 0 Å². The Bertz CT molecular complexity index is 993. The van der Waals surface area contributed by atoms with Gasteiger partial charge in [-0.3, -0.25) is 9.59 Å². The van der Waals surface area contributed by atoms with Crippen molar-refractivity contribution in [1.82, 2.24) is 10.2 Å². The van der Waals surface area contributed by atoms with E-state index in [2.05, 4.69) is 42.6 Å². The second-order valence-corrected chi connectivity index (χ2v) is 6.68. The van der Waals surface area contributed by atoms with Gasteiger partial charge in [0.05, 0.1) is 6.54 Å². The van der Waals surface area contributed by atoms with Gasteiger partial charge in [0.25, 0.3) is 5.91 Å². The van der Waals surface area contributed by atoms with E-state index in [0.717, 1.165) is 21.9 Å². The van der Waals surface area contributed by atoms with Gasteiger partial charge in [-0.25, -0.2) is 0 Å². The number of rotatable bonds is 2. The zero-order valence-electron chi connectivity index (χ0n) is 14.7. The van der Waals surface area contributed by atoms with E-state index in [9.17, 15) is 9.59 Å². The fourth-order valence-electron chi connectivity index (χ4n) is 3.40. The SMILES string of the molecule is Cc1ccc(-c2cccc3cc(C(=O)N4CCNC(=O)C4)ccc23)cc1. The number of hydrogen-bond donors (Lipinski definition) is 1. The number of amides is 2. The predicted octanol–water partition coefficient (Wildman–Crippen LogP) is 3.39. The van der Waals surface area contributed by atoms with Gasteiger partial charge in [-0.1, -0.05) is 54.1 Å². The number of nitrogens with zero attached hydrogens (tertiary/aromatic N) is 1. The minimum Gasteiger partial charge on any atom is -0.353 e. The topological polar surface area (TPSA) is 49.4 Å². The zero-order chi connectivity index (χ0) is 18.1. The standard InChI is InChI=1S/C22H20N2O2/c1-15-5-7-16(8-6-15)19-4-2-3-17-13-18(9-10-20(17)19)22(26)24-12-11-23-21(25)14-24/h2-10,13H,11-12,14H2,1H3,(H,23,25). The number of benzene rings is 3. The summed E-state index contributed by atoms with van der Waals surface area (Å²) in [6.45, 7) is 3.26. The van der Waals surface area contributed by atoms with Crippen LogP contribution in [0.3, 0.4) is 0 Å². The molecule has 0 aliphatic carbocycles. The summed E-state index contributed by atoms with van der Waals surface area (Å²) in [5, 5.41) is 4.88. The molecule has 130 valence electrons. The lowest BCUT2D eigenvalue weighted by molar-refractivity contribution is -0.123. The Morgan fingerprint density at radius 1 is 1.04 bits per heavy atom. The van der Waals surface area contributed by atoms with Gasteiger partial charge in [0, 0.05) is 18.7 Å². The highest BCUT2D eigenvalue weighted by atomic mass is 16.2. The summed E-state index contributed by atoms with van der Waals surface area (Å²) in [6, 6.07) is 20.4. The fraction of sp³-hybridized carbons (Fsp3) is 0.182. The molecular weight excluding hydrogens is 324 g/mol. The smallest absolute Gasteiger partial charge is 0.254 e. The van der Waals surface area contributed by atoms with Crippen LogP contribution in [0.4, 0.5) is 0 Å². The molecule has 0 atom stereocenters. The van der Waals surface area contributed by atoms with Crippen molar-refractivity contribution in [3.05, 3.63) is 71.8 Å². The fourth-order valence-corrected chi connectivity index (χ4v) is 3.40. The highest BCUT2D eigenvalue weighted by Crippen LogP contribution is 2.29. The van der Waals surface area contributed by atoms with Crippen molar-refractivity contribution in [2.24, 2.45) is 0 Å². The van der Waals surface area contributed by atoms with Crippen LogP contribution in [0.1, 0.15) is 15.9 Å². The van der Waals surface area contributed by atoms with Crippen LogP contribution < -0.4 is 5.32 Å². The lowest BCUT2D eigenvalue weighted by atomic mass is 9.96. The average Bonchev–Trinajstić information content (AvgIpc) is 2.67. The molecule has 0 bridgehead atoms. The lowest BCUT2D eigenvalue weighted by Crippen LogP contribution is -2.49. The highest BCUT2D eigenvalue weighted by molar-refractivity contribution is 6.03. The van der Waals surface area contributed by atoms with Crippen LogP contribution in [-0.4, -0.2) is 36.3 Å². The van der Waals surface area contributed by atoms with Crippen molar-refractivity contribution < 1.29 is 9.59 Å². The molecule has 0 spiro atoms. The van der Waals surface area contributed by atoms with E-state index in [4.69, 9.17) is 0 Å². The maximum Gasteiger partial charge on any atom is 0.254 e. The van der Waals surface area contributed by atoms with Crippen molar-refractivity contribution >= 4 is 22.6 Å². The number of carbonyl (C=O) groups excluding carboxylic acids is 2. The first kappa shape index (κ1) is 16.3. The molecule has 1 aliphatic rings. The van der Waals surface area contributed by atoms with Gasteiger partial charge in [-0.05, 0) is 41.0 Å². The number of hydrogen-bond acceptors (Lipinski definition) is 2. The third-order valence-electron chi connectivity index (χ3n) is 4.82. The Morgan fingerprint density at radius 3 is 2.62 bits per heavy atom. The molecule has 0 radical (unpaired) electrons. The van der Waals surface area contributed by atoms with Gasteiger partial charge in [-0.2, -0.15) is 0 Å². The van der Waals surface area contributed by atoms with Gasteiger partial charge < -0.3 is 10.2 Å². The van der Waals surface area contributed by atoms with Crippen LogP contribution in [-0.2, 0) is 4.79 Å². The Kier molecular flexibility index (Phi) is 4.17. The molecule has 1 fully saturated rings. The Balaban J connectivity index is 1.71. The van der Waals surface area contributed by atoms with Crippen LogP contribution in [0.25, 0.3) is 21.9 Å². The van der Waals surface area contributed by atoms with Crippen molar-refractivity contribution in [2.75, 3.05) is 19.6 Å². The summed E-state index contributed by atoms with van der Waals surface area (Å²) >= 11 is 0. The number of aryl methyl sites for hydroxylation is 1. The maximum atomic E-state index is 12.7. The van der Waals surface area contributed by atoms with Crippen LogP contribution in [0, 0.1) is 6.92 Å². The van der Waals surface area contributed by atoms with Gasteiger partial charge >= 0.3 is 0 Å². The molecule has 1 heterocycles. The second kappa shape index (κ2) is 6.64. The van der Waals surface area contributed by atoms with Crippen LogP contribution in [0.5, 0.6) is 0 Å². The predicted molar refractivity (Wildman–Crippen MR) is 103 cm³/mol. The molecule has 4 rings (SSSR count). The summed E-state index contributed by atoms with van der Waals surface area (Å²) < 4.78 is 0. The molecule has 26 heavy (non-hydrogen) atoms. The summed E-state index contributed by atoms with van der Waals surface area (Å²) in [6.07, 6.45) is 0. The second-order valence-electron chi connectivity index (χ2n) is 6.68. The molecule has 4 nitrogen and oxygen atoms in total. The van der Waals surface area contributed by atoms with Crippen molar-refractivity contribution in [3.8, 4) is 11.1 Å². The summed E-state index contributed by atoms with van der Waals surface area (Å²) in [5.41, 5.74) is 4.16. The van der Waals surface area contributed by atoms with E-state index in [-0.39, 0.29) is 18.4 Å². The summed E-state index contributed by atoms with van der Waals surface area (Å²) in [5.74, 6) is -0.200. The molecule has 2 amide bonds. The number of fused-ring (bicyclic) bond motifs is 1. The molecule has 0 unspecified atom stereocenters. The number of nitrogens with one attached hydrogen (secondary N) is 1. The summed E-state index contributed by atoms with van der Waals surface area (Å²) in [4.78, 5) is 25.9. The molecule has 1 saturated heterocycles. The average molecular weight is 344 g/mol. The number of carbonyl (C=O) groups is 2. The Labute approximate surface area is 152 Å². The molecule has 0 aromatic heterocycles. The first-order chi connectivity index (χ1) is 12.6. The molecule has 3 aromatic rings. The van der Waals surface area contributed by atoms with Crippen molar-refractivity contribution in [3.63, 3.8) is 0 Å². The third kappa shape index (κ3) is 3.06.